The Kier molecular flexibility index (Phi) is 5.50. The minimum absolute atomic E-state index is 0.0771. The van der Waals surface area contributed by atoms with Crippen molar-refractivity contribution in [3.05, 3.63) is 70.3 Å². The van der Waals surface area contributed by atoms with Gasteiger partial charge in [-0.3, -0.25) is 14.5 Å². The van der Waals surface area contributed by atoms with Gasteiger partial charge < -0.3 is 15.2 Å². The number of aromatic nitrogens is 2. The molecule has 0 aliphatic carbocycles. The quantitative estimate of drug-likeness (QED) is 0.574. The Bertz CT molecular complexity index is 1340. The van der Waals surface area contributed by atoms with E-state index in [2.05, 4.69) is 15.4 Å². The number of amidine groups is 1. The summed E-state index contributed by atoms with van der Waals surface area (Å²) in [7, 11) is 1.58. The Morgan fingerprint density at radius 3 is 2.74 bits per heavy atom. The van der Waals surface area contributed by atoms with Gasteiger partial charge in [-0.2, -0.15) is 18.3 Å². The molecule has 34 heavy (non-hydrogen) atoms. The maximum absolute atomic E-state index is 13.8. The van der Waals surface area contributed by atoms with Crippen LogP contribution in [0.3, 0.4) is 0 Å². The molecule has 7 nitrogen and oxygen atoms in total. The molecule has 176 valence electrons. The molecule has 1 amide bonds. The van der Waals surface area contributed by atoms with Gasteiger partial charge in [-0.25, -0.2) is 0 Å². The van der Waals surface area contributed by atoms with Gasteiger partial charge in [-0.1, -0.05) is 24.3 Å². The van der Waals surface area contributed by atoms with Gasteiger partial charge in [0, 0.05) is 18.6 Å². The summed E-state index contributed by atoms with van der Waals surface area (Å²) in [4.78, 5) is 16.4. The highest BCUT2D eigenvalue weighted by atomic mass is 32.2. The second-order valence-corrected chi connectivity index (χ2v) is 9.12. The maximum Gasteiger partial charge on any atom is 0.416 e. The van der Waals surface area contributed by atoms with E-state index in [4.69, 9.17) is 4.74 Å². The van der Waals surface area contributed by atoms with Crippen LogP contribution in [-0.2, 0) is 10.9 Å². The molecular weight excluding hydrogens is 469 g/mol. The summed E-state index contributed by atoms with van der Waals surface area (Å²) in [5.41, 5.74) is -1.12. The summed E-state index contributed by atoms with van der Waals surface area (Å²) in [5, 5.41) is 18.7. The predicted octanol–water partition coefficient (Wildman–Crippen LogP) is 4.23. The molecule has 0 radical (unpaired) electrons. The summed E-state index contributed by atoms with van der Waals surface area (Å²) >= 11 is 1.03. The molecule has 3 aromatic rings. The number of thioether (sulfide) groups is 1. The Morgan fingerprint density at radius 2 is 2.06 bits per heavy atom. The number of rotatable bonds is 4. The lowest BCUT2D eigenvalue weighted by atomic mass is 9.84. The first-order valence-corrected chi connectivity index (χ1v) is 11.1. The first-order valence-electron chi connectivity index (χ1n) is 10.3. The van der Waals surface area contributed by atoms with E-state index in [9.17, 15) is 23.1 Å². The average Bonchev–Trinajstić information content (AvgIpc) is 3.34. The monoisotopic (exact) mass is 488 g/mol. The first-order chi connectivity index (χ1) is 16.2. The van der Waals surface area contributed by atoms with E-state index < -0.39 is 23.4 Å². The molecule has 0 spiro atoms. The Balaban J connectivity index is 1.59. The molecule has 3 heterocycles. The summed E-state index contributed by atoms with van der Waals surface area (Å²) in [6, 6.07) is 9.44. The lowest BCUT2D eigenvalue weighted by Crippen LogP contribution is -2.56. The van der Waals surface area contributed by atoms with Crippen molar-refractivity contribution in [1.82, 2.24) is 15.1 Å². The van der Waals surface area contributed by atoms with E-state index >= 15 is 0 Å². The molecule has 5 rings (SSSR count). The van der Waals surface area contributed by atoms with Crippen molar-refractivity contribution in [1.29, 1.82) is 0 Å². The second-order valence-electron chi connectivity index (χ2n) is 8.11. The number of fused-ring (bicyclic) bond motifs is 1. The number of ether oxygens (including phenoxy) is 1. The smallest absolute Gasteiger partial charge is 0.382 e. The van der Waals surface area contributed by atoms with Crippen LogP contribution >= 0.6 is 11.8 Å². The zero-order valence-corrected chi connectivity index (χ0v) is 18.7. The molecule has 2 aliphatic heterocycles. The molecule has 2 fully saturated rings. The molecule has 1 unspecified atom stereocenters. The van der Waals surface area contributed by atoms with Crippen molar-refractivity contribution in [3.8, 4) is 0 Å². The zero-order valence-electron chi connectivity index (χ0n) is 17.8. The fraction of sp³-hybridized carbons (Fsp3) is 0.261. The number of aliphatic hydroxyl groups is 1. The van der Waals surface area contributed by atoms with Crippen LogP contribution in [0.5, 0.6) is 0 Å². The number of amides is 1. The molecule has 1 aromatic heterocycles. The van der Waals surface area contributed by atoms with Gasteiger partial charge >= 0.3 is 6.18 Å². The van der Waals surface area contributed by atoms with Crippen molar-refractivity contribution in [2.75, 3.05) is 20.3 Å². The number of nitrogens with one attached hydrogen (secondary N) is 1. The third kappa shape index (κ3) is 3.99. The summed E-state index contributed by atoms with van der Waals surface area (Å²) in [6.07, 6.45) is -1.18. The number of hydrogen-bond donors (Lipinski definition) is 2. The number of aliphatic imine (C=N–C) groups is 1. The van der Waals surface area contributed by atoms with Crippen LogP contribution in [0.2, 0.25) is 0 Å². The van der Waals surface area contributed by atoms with Crippen LogP contribution in [0.1, 0.15) is 22.7 Å². The van der Waals surface area contributed by atoms with E-state index in [1.54, 1.807) is 31.5 Å². The van der Waals surface area contributed by atoms with Crippen LogP contribution in [0.25, 0.3) is 17.0 Å². The van der Waals surface area contributed by atoms with Crippen molar-refractivity contribution in [2.24, 2.45) is 4.99 Å². The van der Waals surface area contributed by atoms with Crippen molar-refractivity contribution >= 4 is 39.8 Å². The van der Waals surface area contributed by atoms with Crippen molar-refractivity contribution in [2.45, 2.75) is 17.8 Å². The summed E-state index contributed by atoms with van der Waals surface area (Å²) in [6.45, 7) is -0.205. The summed E-state index contributed by atoms with van der Waals surface area (Å²) < 4.78 is 47.9. The van der Waals surface area contributed by atoms with Crippen LogP contribution in [0.15, 0.2) is 58.6 Å². The Morgan fingerprint density at radius 1 is 1.29 bits per heavy atom. The molecule has 2 saturated heterocycles. The van der Waals surface area contributed by atoms with Crippen molar-refractivity contribution in [3.63, 3.8) is 0 Å². The number of carbonyl (C=O) groups is 1. The zero-order chi connectivity index (χ0) is 24.1. The topological polar surface area (TPSA) is 88.7 Å². The van der Waals surface area contributed by atoms with E-state index in [-0.39, 0.29) is 24.0 Å². The lowest BCUT2D eigenvalue weighted by Gasteiger charge is -2.43. The fourth-order valence-corrected chi connectivity index (χ4v) is 4.95. The summed E-state index contributed by atoms with van der Waals surface area (Å²) in [5.74, 6) is 0.474. The van der Waals surface area contributed by atoms with Crippen molar-refractivity contribution < 1.29 is 27.8 Å². The van der Waals surface area contributed by atoms with Crippen LogP contribution in [0, 0.1) is 0 Å². The number of alkyl halides is 3. The lowest BCUT2D eigenvalue weighted by molar-refractivity contribution is -0.198. The maximum atomic E-state index is 13.8. The number of carbonyl (C=O) groups excluding carboxylic acids is 1. The third-order valence-electron chi connectivity index (χ3n) is 5.76. The van der Waals surface area contributed by atoms with Gasteiger partial charge in [-0.15, -0.1) is 0 Å². The highest BCUT2D eigenvalue weighted by Gasteiger charge is 2.49. The minimum atomic E-state index is -4.59. The Labute approximate surface area is 196 Å². The molecule has 0 saturated carbocycles. The molecule has 2 aromatic carbocycles. The molecule has 2 N–H and O–H groups in total. The highest BCUT2D eigenvalue weighted by molar-refractivity contribution is 8.18. The standard InChI is InChI=1S/C23H19F3N4O3S/c1-27-20-18(34-21(31)28-20)9-13-6-7-17-14(8-13)10-30(29-17)19(22(32)11-33-12-22)15-4-2-3-5-16(15)23(24,25)26/h2-10,19,32H,11-12H2,1H3,(H,27,28,31)/b18-9-. The Hall–Kier alpha value is -3.15. The molecule has 1 atom stereocenters. The van der Waals surface area contributed by atoms with E-state index in [1.165, 1.54) is 22.9 Å². The second kappa shape index (κ2) is 8.26. The largest absolute Gasteiger partial charge is 0.416 e. The molecular formula is C23H19F3N4O3S. The highest BCUT2D eigenvalue weighted by Crippen LogP contribution is 2.42. The van der Waals surface area contributed by atoms with Gasteiger partial charge in [0.2, 0.25) is 0 Å². The molecule has 0 bridgehead atoms. The first kappa shape index (κ1) is 22.6. The van der Waals surface area contributed by atoms with Crippen LogP contribution in [-0.4, -0.2) is 51.8 Å². The van der Waals surface area contributed by atoms with E-state index in [1.807, 2.05) is 6.07 Å². The van der Waals surface area contributed by atoms with Gasteiger partial charge in [0.1, 0.15) is 17.5 Å². The SMILES string of the molecule is CN=C1NC(=O)S/C1=C\c1ccc2nn(C(c3ccccc3C(F)(F)F)C3(O)COC3)cc2c1. The third-order valence-corrected chi connectivity index (χ3v) is 6.58. The van der Waals surface area contributed by atoms with Gasteiger partial charge in [0.15, 0.2) is 0 Å². The van der Waals surface area contributed by atoms with E-state index in [0.29, 0.717) is 21.6 Å². The number of halogens is 3. The van der Waals surface area contributed by atoms with Gasteiger partial charge in [0.25, 0.3) is 5.24 Å². The van der Waals surface area contributed by atoms with Gasteiger partial charge in [0.05, 0.1) is 29.2 Å². The average molecular weight is 488 g/mol. The van der Waals surface area contributed by atoms with E-state index in [0.717, 1.165) is 23.4 Å². The predicted molar refractivity (Wildman–Crippen MR) is 123 cm³/mol. The van der Waals surface area contributed by atoms with Crippen LogP contribution < -0.4 is 5.32 Å². The fourth-order valence-electron chi connectivity index (χ4n) is 4.17. The van der Waals surface area contributed by atoms with Crippen LogP contribution in [0.4, 0.5) is 18.0 Å². The number of benzene rings is 2. The number of nitrogens with zero attached hydrogens (tertiary/aromatic N) is 3. The minimum Gasteiger partial charge on any atom is -0.382 e. The van der Waals surface area contributed by atoms with Gasteiger partial charge in [-0.05, 0) is 47.2 Å². The number of hydrogen-bond acceptors (Lipinski definition) is 6. The molecule has 2 aliphatic rings. The molecule has 11 heteroatoms. The normalized spacial score (nSPS) is 21.1.